The van der Waals surface area contributed by atoms with Crippen molar-refractivity contribution in [2.75, 3.05) is 13.6 Å². The Morgan fingerprint density at radius 1 is 0.947 bits per heavy atom. The van der Waals surface area contributed by atoms with Crippen LogP contribution in [0.25, 0.3) is 0 Å². The van der Waals surface area contributed by atoms with E-state index in [9.17, 15) is 0 Å². The van der Waals surface area contributed by atoms with Gasteiger partial charge in [-0.25, -0.2) is 0 Å². The molecule has 1 nitrogen and oxygen atoms in total. The second-order valence-corrected chi connectivity index (χ2v) is 5.54. The number of benzene rings is 2. The predicted molar refractivity (Wildman–Crippen MR) is 80.3 cm³/mol. The highest BCUT2D eigenvalue weighted by atomic mass is 15.1. The molecule has 0 spiro atoms. The maximum atomic E-state index is 2.43. The molecule has 1 heteroatoms. The van der Waals surface area contributed by atoms with Gasteiger partial charge in [-0.2, -0.15) is 0 Å². The Morgan fingerprint density at radius 3 is 2.53 bits per heavy atom. The molecule has 1 aliphatic heterocycles. The van der Waals surface area contributed by atoms with Gasteiger partial charge in [-0.15, -0.1) is 0 Å². The second kappa shape index (κ2) is 5.58. The Labute approximate surface area is 115 Å². The molecule has 0 bridgehead atoms. The van der Waals surface area contributed by atoms with Crippen molar-refractivity contribution in [2.45, 2.75) is 25.3 Å². The molecule has 0 N–H and O–H groups in total. The average molecular weight is 251 g/mol. The highest BCUT2D eigenvalue weighted by Gasteiger charge is 2.20. The van der Waals surface area contributed by atoms with Crippen molar-refractivity contribution >= 4 is 0 Å². The van der Waals surface area contributed by atoms with Gasteiger partial charge in [0.25, 0.3) is 0 Å². The van der Waals surface area contributed by atoms with E-state index in [-0.39, 0.29) is 0 Å². The predicted octanol–water partition coefficient (Wildman–Crippen LogP) is 4.04. The lowest BCUT2D eigenvalue weighted by molar-refractivity contribution is 0.306. The fourth-order valence-corrected chi connectivity index (χ4v) is 3.14. The molecule has 19 heavy (non-hydrogen) atoms. The Kier molecular flexibility index (Phi) is 3.65. The Balaban J connectivity index is 2.03. The molecule has 0 fully saturated rings. The number of nitrogens with zero attached hydrogens (tertiary/aromatic N) is 1. The summed E-state index contributed by atoms with van der Waals surface area (Å²) >= 11 is 0. The molecule has 0 amide bonds. The van der Waals surface area contributed by atoms with Crippen molar-refractivity contribution in [1.82, 2.24) is 4.90 Å². The molecule has 0 aromatic heterocycles. The van der Waals surface area contributed by atoms with Crippen LogP contribution in [0.15, 0.2) is 54.6 Å². The molecule has 0 saturated heterocycles. The first-order chi connectivity index (χ1) is 9.34. The fourth-order valence-electron chi connectivity index (χ4n) is 3.14. The number of hydrogen-bond donors (Lipinski definition) is 0. The Morgan fingerprint density at radius 2 is 1.68 bits per heavy atom. The molecular formula is C18H21N. The summed E-state index contributed by atoms with van der Waals surface area (Å²) in [4.78, 5) is 2.43. The summed E-state index contributed by atoms with van der Waals surface area (Å²) in [6.45, 7) is 2.26. The van der Waals surface area contributed by atoms with E-state index in [0.29, 0.717) is 5.92 Å². The van der Waals surface area contributed by atoms with Gasteiger partial charge >= 0.3 is 0 Å². The van der Waals surface area contributed by atoms with Gasteiger partial charge in [0.15, 0.2) is 0 Å². The van der Waals surface area contributed by atoms with Gasteiger partial charge in [0, 0.05) is 12.5 Å². The maximum absolute atomic E-state index is 2.43. The molecule has 0 radical (unpaired) electrons. The minimum atomic E-state index is 0.561. The van der Waals surface area contributed by atoms with Crippen LogP contribution in [0.5, 0.6) is 0 Å². The zero-order valence-electron chi connectivity index (χ0n) is 11.5. The van der Waals surface area contributed by atoms with Crippen molar-refractivity contribution in [3.63, 3.8) is 0 Å². The van der Waals surface area contributed by atoms with Crippen LogP contribution in [-0.4, -0.2) is 18.5 Å². The summed E-state index contributed by atoms with van der Waals surface area (Å²) < 4.78 is 0. The van der Waals surface area contributed by atoms with Crippen molar-refractivity contribution in [3.05, 3.63) is 71.3 Å². The fraction of sp³-hybridized carbons (Fsp3) is 0.333. The van der Waals surface area contributed by atoms with E-state index in [2.05, 4.69) is 66.5 Å². The Bertz CT molecular complexity index is 532. The summed E-state index contributed by atoms with van der Waals surface area (Å²) in [5.74, 6) is 0.561. The normalized spacial score (nSPS) is 20.4. The zero-order valence-corrected chi connectivity index (χ0v) is 11.5. The monoisotopic (exact) mass is 251 g/mol. The standard InChI is InChI=1S/C18H21N/c1-19-13-7-12-17(15-8-3-2-4-9-15)18-11-6-5-10-16(18)14-19/h2-6,8-11,17H,7,12-14H2,1H3. The van der Waals surface area contributed by atoms with Crippen molar-refractivity contribution in [2.24, 2.45) is 0 Å². The van der Waals surface area contributed by atoms with Gasteiger partial charge in [0.2, 0.25) is 0 Å². The van der Waals surface area contributed by atoms with Crippen molar-refractivity contribution in [3.8, 4) is 0 Å². The van der Waals surface area contributed by atoms with E-state index in [0.717, 1.165) is 6.54 Å². The van der Waals surface area contributed by atoms with Crippen LogP contribution in [0.4, 0.5) is 0 Å². The number of fused-ring (bicyclic) bond motifs is 1. The lowest BCUT2D eigenvalue weighted by Crippen LogP contribution is -2.23. The molecule has 1 atom stereocenters. The van der Waals surface area contributed by atoms with Gasteiger partial charge < -0.3 is 4.90 Å². The van der Waals surface area contributed by atoms with Gasteiger partial charge in [0.05, 0.1) is 0 Å². The Hall–Kier alpha value is -1.60. The molecule has 0 saturated carbocycles. The summed E-state index contributed by atoms with van der Waals surface area (Å²) in [7, 11) is 2.22. The molecule has 3 rings (SSSR count). The van der Waals surface area contributed by atoms with Crippen LogP contribution in [0, 0.1) is 0 Å². The molecule has 2 aromatic carbocycles. The summed E-state index contributed by atoms with van der Waals surface area (Å²) in [6, 6.07) is 19.9. The highest BCUT2D eigenvalue weighted by Crippen LogP contribution is 2.33. The molecular weight excluding hydrogens is 230 g/mol. The largest absolute Gasteiger partial charge is 0.302 e. The van der Waals surface area contributed by atoms with Crippen molar-refractivity contribution < 1.29 is 0 Å². The van der Waals surface area contributed by atoms with Crippen molar-refractivity contribution in [1.29, 1.82) is 0 Å². The number of rotatable bonds is 1. The van der Waals surface area contributed by atoms with E-state index in [1.54, 1.807) is 0 Å². The second-order valence-electron chi connectivity index (χ2n) is 5.54. The van der Waals surface area contributed by atoms with Crippen LogP contribution < -0.4 is 0 Å². The molecule has 98 valence electrons. The smallest absolute Gasteiger partial charge is 0.0233 e. The van der Waals surface area contributed by atoms with Gasteiger partial charge in [-0.05, 0) is 43.1 Å². The molecule has 1 aliphatic rings. The average Bonchev–Trinajstić information content (AvgIpc) is 2.43. The van der Waals surface area contributed by atoms with Crippen LogP contribution >= 0.6 is 0 Å². The minimum Gasteiger partial charge on any atom is -0.302 e. The van der Waals surface area contributed by atoms with E-state index in [1.165, 1.54) is 36.1 Å². The summed E-state index contributed by atoms with van der Waals surface area (Å²) in [5, 5.41) is 0. The van der Waals surface area contributed by atoms with E-state index in [4.69, 9.17) is 0 Å². The van der Waals surface area contributed by atoms with Crippen LogP contribution in [0.2, 0.25) is 0 Å². The third-order valence-corrected chi connectivity index (χ3v) is 4.11. The van der Waals surface area contributed by atoms with E-state index < -0.39 is 0 Å². The van der Waals surface area contributed by atoms with Crippen LogP contribution in [0.3, 0.4) is 0 Å². The quantitative estimate of drug-likeness (QED) is 0.739. The van der Waals surface area contributed by atoms with Crippen LogP contribution in [0.1, 0.15) is 35.4 Å². The zero-order chi connectivity index (χ0) is 13.1. The molecule has 1 heterocycles. The first kappa shape index (κ1) is 12.4. The topological polar surface area (TPSA) is 3.24 Å². The summed E-state index contributed by atoms with van der Waals surface area (Å²) in [5.41, 5.74) is 4.46. The van der Waals surface area contributed by atoms with Gasteiger partial charge in [0.1, 0.15) is 0 Å². The SMILES string of the molecule is CN1CCCC(c2ccccc2)c2ccccc2C1. The molecule has 0 aliphatic carbocycles. The third-order valence-electron chi connectivity index (χ3n) is 4.11. The lowest BCUT2D eigenvalue weighted by Gasteiger charge is -2.28. The maximum Gasteiger partial charge on any atom is 0.0233 e. The van der Waals surface area contributed by atoms with Gasteiger partial charge in [-0.3, -0.25) is 0 Å². The minimum absolute atomic E-state index is 0.561. The first-order valence-corrected chi connectivity index (χ1v) is 7.16. The van der Waals surface area contributed by atoms with Gasteiger partial charge in [-0.1, -0.05) is 54.6 Å². The van der Waals surface area contributed by atoms with Crippen LogP contribution in [-0.2, 0) is 6.54 Å². The van der Waals surface area contributed by atoms with E-state index in [1.807, 2.05) is 0 Å². The molecule has 2 aromatic rings. The third kappa shape index (κ3) is 2.71. The highest BCUT2D eigenvalue weighted by molar-refractivity contribution is 5.38. The number of hydrogen-bond acceptors (Lipinski definition) is 1. The summed E-state index contributed by atoms with van der Waals surface area (Å²) in [6.07, 6.45) is 2.51. The first-order valence-electron chi connectivity index (χ1n) is 7.16. The van der Waals surface area contributed by atoms with E-state index >= 15 is 0 Å². The lowest BCUT2D eigenvalue weighted by atomic mass is 9.84. The molecule has 1 unspecified atom stereocenters.